The standard InChI is InChI=1S/C29H29NO9/c1-16-26-19(13-25(37-4)27(16)38-15-20(32)14-31)12-23(29(34)39-26)30-28(33)18-8-9-24(36-3)22(11-18)17-6-5-7-21(10-17)35-2/h5-13,20,31-32H,14-15H2,1-4H3,(H,30,33). The maximum Gasteiger partial charge on any atom is 0.360 e. The number of anilines is 1. The Kier molecular flexibility index (Phi) is 8.38. The van der Waals surface area contributed by atoms with Crippen LogP contribution < -0.4 is 29.9 Å². The minimum Gasteiger partial charge on any atom is -0.497 e. The first kappa shape index (κ1) is 27.5. The number of aliphatic hydroxyl groups excluding tert-OH is 2. The fourth-order valence-corrected chi connectivity index (χ4v) is 4.09. The van der Waals surface area contributed by atoms with Gasteiger partial charge in [-0.2, -0.15) is 0 Å². The van der Waals surface area contributed by atoms with E-state index in [1.807, 2.05) is 24.3 Å². The summed E-state index contributed by atoms with van der Waals surface area (Å²) in [5, 5.41) is 21.8. The third kappa shape index (κ3) is 5.82. The fourth-order valence-electron chi connectivity index (χ4n) is 4.09. The summed E-state index contributed by atoms with van der Waals surface area (Å²) in [6.07, 6.45) is -1.09. The van der Waals surface area contributed by atoms with Crippen LogP contribution in [0.2, 0.25) is 0 Å². The molecule has 0 aliphatic carbocycles. The number of fused-ring (bicyclic) bond motifs is 1. The van der Waals surface area contributed by atoms with Gasteiger partial charge in [-0.1, -0.05) is 12.1 Å². The highest BCUT2D eigenvalue weighted by Gasteiger charge is 2.19. The SMILES string of the molecule is COc1cccc(-c2cc(C(=O)Nc3cc4cc(OC)c(OCC(O)CO)c(C)c4oc3=O)ccc2OC)c1. The van der Waals surface area contributed by atoms with Gasteiger partial charge in [-0.3, -0.25) is 4.79 Å². The molecule has 0 saturated carbocycles. The van der Waals surface area contributed by atoms with Gasteiger partial charge in [0, 0.05) is 22.1 Å². The average molecular weight is 536 g/mol. The number of aryl methyl sites for hydroxylation is 1. The maximum atomic E-state index is 13.2. The number of hydrogen-bond acceptors (Lipinski definition) is 9. The molecular weight excluding hydrogens is 506 g/mol. The lowest BCUT2D eigenvalue weighted by Gasteiger charge is -2.16. The predicted molar refractivity (Wildman–Crippen MR) is 145 cm³/mol. The second kappa shape index (κ2) is 11.9. The number of ether oxygens (including phenoxy) is 4. The zero-order valence-corrected chi connectivity index (χ0v) is 21.9. The van der Waals surface area contributed by atoms with E-state index in [-0.39, 0.29) is 23.6 Å². The smallest absolute Gasteiger partial charge is 0.360 e. The van der Waals surface area contributed by atoms with Crippen LogP contribution in [-0.4, -0.2) is 56.8 Å². The van der Waals surface area contributed by atoms with Crippen LogP contribution in [0.15, 0.2) is 63.8 Å². The van der Waals surface area contributed by atoms with E-state index in [2.05, 4.69) is 5.32 Å². The Bertz CT molecular complexity index is 1560. The monoisotopic (exact) mass is 535 g/mol. The zero-order chi connectivity index (χ0) is 28.1. The molecule has 4 aromatic rings. The lowest BCUT2D eigenvalue weighted by Crippen LogP contribution is -2.22. The van der Waals surface area contributed by atoms with Gasteiger partial charge < -0.3 is 38.9 Å². The molecule has 0 aliphatic rings. The van der Waals surface area contributed by atoms with Crippen LogP contribution in [0, 0.1) is 6.92 Å². The van der Waals surface area contributed by atoms with Gasteiger partial charge in [0.05, 0.1) is 27.9 Å². The number of methoxy groups -OCH3 is 3. The Labute approximate surface area is 224 Å². The van der Waals surface area contributed by atoms with E-state index >= 15 is 0 Å². The number of carbonyl (C=O) groups excluding carboxylic acids is 1. The summed E-state index contributed by atoms with van der Waals surface area (Å²) in [7, 11) is 4.56. The first-order valence-corrected chi connectivity index (χ1v) is 12.0. The molecule has 3 aromatic carbocycles. The van der Waals surface area contributed by atoms with Crippen molar-refractivity contribution in [1.82, 2.24) is 0 Å². The molecule has 10 nitrogen and oxygen atoms in total. The third-order valence-electron chi connectivity index (χ3n) is 6.11. The Hall–Kier alpha value is -4.54. The van der Waals surface area contributed by atoms with Gasteiger partial charge in [0.1, 0.15) is 35.5 Å². The van der Waals surface area contributed by atoms with Crippen molar-refractivity contribution >= 4 is 22.6 Å². The van der Waals surface area contributed by atoms with Gasteiger partial charge >= 0.3 is 5.63 Å². The molecule has 10 heteroatoms. The van der Waals surface area contributed by atoms with E-state index in [9.17, 15) is 14.7 Å². The molecule has 1 aromatic heterocycles. The number of benzene rings is 3. The quantitative estimate of drug-likeness (QED) is 0.259. The molecule has 1 amide bonds. The summed E-state index contributed by atoms with van der Waals surface area (Å²) in [6.45, 7) is 1.02. The van der Waals surface area contributed by atoms with Crippen LogP contribution in [0.5, 0.6) is 23.0 Å². The van der Waals surface area contributed by atoms with Crippen molar-refractivity contribution in [3.63, 3.8) is 0 Å². The number of hydrogen-bond donors (Lipinski definition) is 3. The van der Waals surface area contributed by atoms with Crippen molar-refractivity contribution in [2.75, 3.05) is 39.9 Å². The lowest BCUT2D eigenvalue weighted by atomic mass is 10.0. The van der Waals surface area contributed by atoms with Crippen molar-refractivity contribution in [2.24, 2.45) is 0 Å². The van der Waals surface area contributed by atoms with Gasteiger partial charge in [0.2, 0.25) is 0 Å². The minimum atomic E-state index is -1.09. The predicted octanol–water partition coefficient (Wildman–Crippen LogP) is 3.78. The summed E-state index contributed by atoms with van der Waals surface area (Å²) >= 11 is 0. The summed E-state index contributed by atoms with van der Waals surface area (Å²) < 4.78 is 27.4. The van der Waals surface area contributed by atoms with Crippen LogP contribution >= 0.6 is 0 Å². The molecule has 0 spiro atoms. The first-order chi connectivity index (χ1) is 18.8. The van der Waals surface area contributed by atoms with Crippen molar-refractivity contribution in [2.45, 2.75) is 13.0 Å². The first-order valence-electron chi connectivity index (χ1n) is 12.0. The van der Waals surface area contributed by atoms with E-state index in [0.29, 0.717) is 39.3 Å². The van der Waals surface area contributed by atoms with E-state index in [4.69, 9.17) is 28.5 Å². The summed E-state index contributed by atoms with van der Waals surface area (Å²) in [5.74, 6) is 1.30. The molecule has 0 fully saturated rings. The number of amides is 1. The highest BCUT2D eigenvalue weighted by molar-refractivity contribution is 6.06. The Morgan fingerprint density at radius 1 is 1.00 bits per heavy atom. The molecule has 0 saturated heterocycles. The molecule has 39 heavy (non-hydrogen) atoms. The summed E-state index contributed by atoms with van der Waals surface area (Å²) in [4.78, 5) is 26.0. The minimum absolute atomic E-state index is 0.0583. The van der Waals surface area contributed by atoms with E-state index < -0.39 is 24.2 Å². The van der Waals surface area contributed by atoms with E-state index in [1.165, 1.54) is 13.2 Å². The van der Waals surface area contributed by atoms with E-state index in [0.717, 1.165) is 5.56 Å². The van der Waals surface area contributed by atoms with Crippen molar-refractivity contribution in [1.29, 1.82) is 0 Å². The number of rotatable bonds is 10. The Morgan fingerprint density at radius 2 is 1.77 bits per heavy atom. The largest absolute Gasteiger partial charge is 0.497 e. The normalized spacial score (nSPS) is 11.6. The van der Waals surface area contributed by atoms with E-state index in [1.54, 1.807) is 45.4 Å². The molecule has 0 radical (unpaired) electrons. The maximum absolute atomic E-state index is 13.2. The van der Waals surface area contributed by atoms with Crippen LogP contribution in [-0.2, 0) is 0 Å². The highest BCUT2D eigenvalue weighted by Crippen LogP contribution is 2.38. The molecule has 3 N–H and O–H groups in total. The second-order valence-electron chi connectivity index (χ2n) is 8.65. The van der Waals surface area contributed by atoms with Gasteiger partial charge in [-0.25, -0.2) is 4.79 Å². The third-order valence-corrected chi connectivity index (χ3v) is 6.11. The van der Waals surface area contributed by atoms with Crippen molar-refractivity contribution in [3.8, 4) is 34.1 Å². The van der Waals surface area contributed by atoms with Crippen LogP contribution in [0.3, 0.4) is 0 Å². The Morgan fingerprint density at radius 3 is 2.46 bits per heavy atom. The van der Waals surface area contributed by atoms with Gasteiger partial charge in [-0.15, -0.1) is 0 Å². The summed E-state index contributed by atoms with van der Waals surface area (Å²) in [6, 6.07) is 15.4. The fraction of sp³-hybridized carbons (Fsp3) is 0.241. The molecule has 1 unspecified atom stereocenters. The molecule has 204 valence electrons. The molecule has 1 atom stereocenters. The van der Waals surface area contributed by atoms with Crippen LogP contribution in [0.1, 0.15) is 15.9 Å². The average Bonchev–Trinajstić information content (AvgIpc) is 2.96. The number of nitrogens with one attached hydrogen (secondary N) is 1. The molecule has 1 heterocycles. The van der Waals surface area contributed by atoms with Gasteiger partial charge in [0.25, 0.3) is 5.91 Å². The number of aliphatic hydroxyl groups is 2. The zero-order valence-electron chi connectivity index (χ0n) is 21.9. The van der Waals surface area contributed by atoms with Crippen LogP contribution in [0.4, 0.5) is 5.69 Å². The number of carbonyl (C=O) groups is 1. The lowest BCUT2D eigenvalue weighted by molar-refractivity contribution is 0.0525. The summed E-state index contributed by atoms with van der Waals surface area (Å²) in [5.41, 5.74) is 1.64. The second-order valence-corrected chi connectivity index (χ2v) is 8.65. The van der Waals surface area contributed by atoms with Crippen molar-refractivity contribution < 1.29 is 38.4 Å². The van der Waals surface area contributed by atoms with Crippen LogP contribution in [0.25, 0.3) is 22.1 Å². The van der Waals surface area contributed by atoms with Gasteiger partial charge in [-0.05, 0) is 55.0 Å². The molecule has 4 rings (SSSR count). The molecule has 0 bridgehead atoms. The molecular formula is C29H29NO9. The van der Waals surface area contributed by atoms with Gasteiger partial charge in [0.15, 0.2) is 11.5 Å². The topological polar surface area (TPSA) is 137 Å². The molecule has 0 aliphatic heterocycles. The Balaban J connectivity index is 1.68. The van der Waals surface area contributed by atoms with Crippen molar-refractivity contribution in [3.05, 3.63) is 76.1 Å². The highest BCUT2D eigenvalue weighted by atomic mass is 16.5.